The number of ether oxygens (including phenoxy) is 2. The van der Waals surface area contributed by atoms with Gasteiger partial charge >= 0.3 is 5.97 Å². The number of aliphatic hydroxyl groups excluding tert-OH is 2. The number of carbonyl (C=O) groups is 2. The molecule has 0 aliphatic heterocycles. The van der Waals surface area contributed by atoms with Crippen LogP contribution in [0.15, 0.2) is 133 Å². The lowest BCUT2D eigenvalue weighted by Gasteiger charge is -2.23. The van der Waals surface area contributed by atoms with E-state index in [1.807, 2.05) is 145 Å². The maximum Gasteiger partial charge on any atom is 0.335 e. The average molecular weight is 941 g/mol. The number of amides is 1. The zero-order valence-electron chi connectivity index (χ0n) is 41.9. The average Bonchev–Trinajstić information content (AvgIpc) is 3.33. The molecule has 0 saturated heterocycles. The first-order valence-corrected chi connectivity index (χ1v) is 22.8. The van der Waals surface area contributed by atoms with Gasteiger partial charge in [0, 0.05) is 92.6 Å². The highest BCUT2D eigenvalue weighted by atomic mass is 16.5. The van der Waals surface area contributed by atoms with Crippen molar-refractivity contribution in [1.82, 2.24) is 15.1 Å². The van der Waals surface area contributed by atoms with E-state index in [2.05, 4.69) is 51.5 Å². The minimum absolute atomic E-state index is 0.0383. The highest BCUT2D eigenvalue weighted by Crippen LogP contribution is 2.37. The number of hydrogen-bond acceptors (Lipinski definition) is 11. The Hall–Kier alpha value is -6.74. The van der Waals surface area contributed by atoms with E-state index in [4.69, 9.17) is 15.2 Å². The van der Waals surface area contributed by atoms with Crippen LogP contribution in [0.1, 0.15) is 43.0 Å². The summed E-state index contributed by atoms with van der Waals surface area (Å²) in [6, 6.07) is 42.8. The fourth-order valence-electron chi connectivity index (χ4n) is 7.88. The number of carboxylic acid groups (broad SMARTS) is 1. The topological polar surface area (TPSA) is 164 Å². The van der Waals surface area contributed by atoms with E-state index < -0.39 is 5.97 Å². The number of nitrogens with two attached hydrogens (primary N) is 1. The van der Waals surface area contributed by atoms with Gasteiger partial charge in [0.05, 0.1) is 33.0 Å². The van der Waals surface area contributed by atoms with Gasteiger partial charge < -0.3 is 55.4 Å². The van der Waals surface area contributed by atoms with Crippen LogP contribution >= 0.6 is 0 Å². The molecule has 0 aliphatic carbocycles. The second kappa shape index (κ2) is 27.3. The van der Waals surface area contributed by atoms with Gasteiger partial charge in [-0.2, -0.15) is 0 Å². The lowest BCUT2D eigenvalue weighted by atomic mass is 9.98. The maximum absolute atomic E-state index is 13.4. The largest absolute Gasteiger partial charge is 0.496 e. The van der Waals surface area contributed by atoms with Crippen LogP contribution < -0.4 is 30.3 Å². The van der Waals surface area contributed by atoms with Crippen molar-refractivity contribution < 1.29 is 34.4 Å². The first-order chi connectivity index (χ1) is 33.0. The Kier molecular flexibility index (Phi) is 21.7. The van der Waals surface area contributed by atoms with Crippen molar-refractivity contribution >= 4 is 23.3 Å². The lowest BCUT2D eigenvalue weighted by molar-refractivity contribution is 0.0696. The summed E-state index contributed by atoms with van der Waals surface area (Å²) in [4.78, 5) is 32.8. The molecule has 0 spiro atoms. The Morgan fingerprint density at radius 1 is 0.565 bits per heavy atom. The van der Waals surface area contributed by atoms with E-state index in [-0.39, 0.29) is 36.8 Å². The number of anilines is 2. The van der Waals surface area contributed by atoms with Crippen molar-refractivity contribution in [1.29, 1.82) is 0 Å². The minimum Gasteiger partial charge on any atom is -0.496 e. The van der Waals surface area contributed by atoms with E-state index in [9.17, 15) is 24.9 Å². The van der Waals surface area contributed by atoms with Crippen LogP contribution in [0.3, 0.4) is 0 Å². The quantitative estimate of drug-likeness (QED) is 0.0543. The predicted octanol–water partition coefficient (Wildman–Crippen LogP) is 7.56. The Balaban J connectivity index is 0.000000252. The molecular weight excluding hydrogens is 869 g/mol. The van der Waals surface area contributed by atoms with Crippen molar-refractivity contribution in [3.8, 4) is 33.8 Å². The summed E-state index contributed by atoms with van der Waals surface area (Å²) in [6.07, 6.45) is 1.70. The molecule has 0 unspecified atom stereocenters. The molecule has 0 saturated carbocycles. The summed E-state index contributed by atoms with van der Waals surface area (Å²) < 4.78 is 11.0. The van der Waals surface area contributed by atoms with Gasteiger partial charge in [-0.1, -0.05) is 97.1 Å². The molecule has 0 fully saturated rings. The van der Waals surface area contributed by atoms with Crippen molar-refractivity contribution in [2.45, 2.75) is 38.1 Å². The normalized spacial score (nSPS) is 11.6. The molecule has 1 amide bonds. The van der Waals surface area contributed by atoms with E-state index in [0.717, 1.165) is 59.6 Å². The van der Waals surface area contributed by atoms with Gasteiger partial charge in [-0.3, -0.25) is 4.79 Å². The molecule has 6 aromatic rings. The molecule has 0 aromatic heterocycles. The number of rotatable bonds is 19. The van der Waals surface area contributed by atoms with E-state index in [1.165, 1.54) is 18.2 Å². The summed E-state index contributed by atoms with van der Waals surface area (Å²) in [5, 5.41) is 31.7. The van der Waals surface area contributed by atoms with Gasteiger partial charge in [-0.05, 0) is 99.7 Å². The number of para-hydroxylation sites is 2. The summed E-state index contributed by atoms with van der Waals surface area (Å²) in [5.74, 6) is 0.0614. The summed E-state index contributed by atoms with van der Waals surface area (Å²) in [5.41, 5.74) is 15.5. The molecule has 6 aromatic carbocycles. The number of hydrogen-bond donors (Lipinski definition) is 5. The van der Waals surface area contributed by atoms with E-state index in [0.29, 0.717) is 28.2 Å². The number of nitrogens with zero attached hydrogens (tertiary/aromatic N) is 4. The zero-order valence-corrected chi connectivity index (χ0v) is 41.9. The molecule has 0 heterocycles. The van der Waals surface area contributed by atoms with Crippen molar-refractivity contribution in [2.75, 3.05) is 93.5 Å². The highest BCUT2D eigenvalue weighted by molar-refractivity contribution is 5.97. The number of methoxy groups -OCH3 is 2. The Morgan fingerprint density at radius 3 is 1.41 bits per heavy atom. The van der Waals surface area contributed by atoms with Crippen LogP contribution in [-0.2, 0) is 26.1 Å². The number of carbonyl (C=O) groups excluding carboxylic acids is 1. The number of aromatic carboxylic acids is 1. The molecule has 0 radical (unpaired) electrons. The molecule has 6 rings (SSSR count). The Labute approximate surface area is 409 Å². The second-order valence-corrected chi connectivity index (χ2v) is 17.8. The molecular formula is C56H72N6O7. The van der Waals surface area contributed by atoms with Gasteiger partial charge in [-0.25, -0.2) is 4.79 Å². The third-order valence-corrected chi connectivity index (χ3v) is 11.1. The van der Waals surface area contributed by atoms with Crippen molar-refractivity contribution in [3.05, 3.63) is 167 Å². The van der Waals surface area contributed by atoms with Gasteiger partial charge in [0.15, 0.2) is 0 Å². The minimum atomic E-state index is -0.984. The lowest BCUT2D eigenvalue weighted by Crippen LogP contribution is -2.43. The number of nitrogens with one attached hydrogen (secondary N) is 1. The standard InChI is InChI=1S/C28H35N3O3.C17H19NO4.C11H18N2/c1-30(2)18-24(14-20-10-7-6-8-11-20)29-28(33)23-15-22(16-25(17-23)31(3)4)26-13-9-12-21(19-32)27(26)34-5;1-18(2)14-8-12(7-13(9-14)17(20)21)15-6-4-5-11(10-19)16(15)22-3;1-13(2)9-11(12)8-10-6-4-3-5-7-10/h6-13,15-17,24,32H,14,18-19H2,1-5H3,(H,29,33);4-9,19H,10H2,1-3H3,(H,20,21);3-7,11H,8-9,12H2,1-2H3/t24-;;11-/m0.0/s1. The van der Waals surface area contributed by atoms with Crippen LogP contribution in [0, 0.1) is 0 Å². The first kappa shape index (κ1) is 54.9. The molecule has 13 heteroatoms. The smallest absolute Gasteiger partial charge is 0.335 e. The molecule has 2 atom stereocenters. The molecule has 6 N–H and O–H groups in total. The number of carboxylic acids is 1. The highest BCUT2D eigenvalue weighted by Gasteiger charge is 2.20. The maximum atomic E-state index is 13.4. The zero-order chi connectivity index (χ0) is 50.6. The fourth-order valence-corrected chi connectivity index (χ4v) is 7.88. The third-order valence-electron chi connectivity index (χ3n) is 11.1. The number of benzene rings is 6. The van der Waals surface area contributed by atoms with Gasteiger partial charge in [-0.15, -0.1) is 0 Å². The predicted molar refractivity (Wildman–Crippen MR) is 281 cm³/mol. The van der Waals surface area contributed by atoms with E-state index in [1.54, 1.807) is 25.3 Å². The van der Waals surface area contributed by atoms with Crippen LogP contribution in [0.2, 0.25) is 0 Å². The molecule has 0 bridgehead atoms. The van der Waals surface area contributed by atoms with Crippen molar-refractivity contribution in [2.24, 2.45) is 5.73 Å². The Morgan fingerprint density at radius 2 is 1.00 bits per heavy atom. The van der Waals surface area contributed by atoms with Gasteiger partial charge in [0.25, 0.3) is 5.91 Å². The molecule has 13 nitrogen and oxygen atoms in total. The third kappa shape index (κ3) is 16.8. The number of aliphatic hydroxyl groups is 2. The molecule has 69 heavy (non-hydrogen) atoms. The summed E-state index contributed by atoms with van der Waals surface area (Å²) >= 11 is 0. The van der Waals surface area contributed by atoms with Crippen LogP contribution in [0.5, 0.6) is 11.5 Å². The van der Waals surface area contributed by atoms with Gasteiger partial charge in [0.1, 0.15) is 11.5 Å². The Bertz CT molecular complexity index is 2530. The molecule has 368 valence electrons. The monoisotopic (exact) mass is 941 g/mol. The van der Waals surface area contributed by atoms with E-state index >= 15 is 0 Å². The van der Waals surface area contributed by atoms with Crippen LogP contribution in [0.4, 0.5) is 11.4 Å². The summed E-state index contributed by atoms with van der Waals surface area (Å²) in [6.45, 7) is 1.40. The molecule has 0 aliphatic rings. The first-order valence-electron chi connectivity index (χ1n) is 22.8. The van der Waals surface area contributed by atoms with Crippen LogP contribution in [-0.4, -0.2) is 133 Å². The second-order valence-electron chi connectivity index (χ2n) is 17.8. The van der Waals surface area contributed by atoms with Gasteiger partial charge in [0.2, 0.25) is 0 Å². The fraction of sp³-hybridized carbons (Fsp3) is 0.321. The SMILES string of the molecule is CN(C)C[C@@H](N)Cc1ccccc1.COc1c(CO)cccc1-c1cc(C(=O)N[C@@H](Cc2ccccc2)CN(C)C)cc(N(C)C)c1.COc1c(CO)cccc1-c1cc(C(=O)O)cc(N(C)C)c1. The van der Waals surface area contributed by atoms with Crippen molar-refractivity contribution in [3.63, 3.8) is 0 Å². The number of likely N-dealkylation sites (N-methyl/N-ethyl adjacent to an activating group) is 2. The summed E-state index contributed by atoms with van der Waals surface area (Å²) in [7, 11) is 18.8. The van der Waals surface area contributed by atoms with Crippen LogP contribution in [0.25, 0.3) is 22.3 Å².